The third-order valence-corrected chi connectivity index (χ3v) is 5.06. The predicted molar refractivity (Wildman–Crippen MR) is 102 cm³/mol. The number of rotatable bonds is 3. The SMILES string of the molecule is NC1C=C(c2c(F)cc3c(=O)c(C(=O)O)cn(-c4ccc(F)cc4F)c3c2F)CC1. The molecule has 5 nitrogen and oxygen atoms in total. The van der Waals surface area contributed by atoms with Crippen molar-refractivity contribution in [3.8, 4) is 5.69 Å². The van der Waals surface area contributed by atoms with E-state index in [-0.39, 0.29) is 6.04 Å². The number of halogens is 4. The van der Waals surface area contributed by atoms with Gasteiger partial charge in [0.05, 0.1) is 22.2 Å². The third-order valence-electron chi connectivity index (χ3n) is 5.06. The average molecular weight is 418 g/mol. The Hall–Kier alpha value is -3.46. The lowest BCUT2D eigenvalue weighted by Crippen LogP contribution is -2.20. The van der Waals surface area contributed by atoms with Crippen molar-refractivity contribution in [3.63, 3.8) is 0 Å². The number of carboxylic acids is 1. The molecule has 0 bridgehead atoms. The van der Waals surface area contributed by atoms with Gasteiger partial charge in [-0.3, -0.25) is 4.79 Å². The van der Waals surface area contributed by atoms with E-state index >= 15 is 4.39 Å². The Bertz CT molecular complexity index is 1310. The van der Waals surface area contributed by atoms with Crippen LogP contribution in [0.15, 0.2) is 41.3 Å². The van der Waals surface area contributed by atoms with Crippen LogP contribution in [0.3, 0.4) is 0 Å². The molecule has 3 N–H and O–H groups in total. The summed E-state index contributed by atoms with van der Waals surface area (Å²) in [6.07, 6.45) is 3.01. The summed E-state index contributed by atoms with van der Waals surface area (Å²) in [5, 5.41) is 8.74. The summed E-state index contributed by atoms with van der Waals surface area (Å²) < 4.78 is 58.9. The van der Waals surface area contributed by atoms with E-state index in [1.54, 1.807) is 0 Å². The molecule has 4 rings (SSSR count). The minimum absolute atomic E-state index is 0.292. The van der Waals surface area contributed by atoms with Gasteiger partial charge in [-0.2, -0.15) is 0 Å². The molecule has 0 saturated carbocycles. The molecule has 1 aliphatic carbocycles. The number of pyridine rings is 1. The summed E-state index contributed by atoms with van der Waals surface area (Å²) in [7, 11) is 0. The standard InChI is InChI=1S/C21H14F4N2O3/c22-10-2-4-16(14(23)6-10)27-8-13(21(29)30)20(28)12-7-15(24)17(18(25)19(12)27)9-1-3-11(26)5-9/h2,4-8,11H,1,3,26H2,(H,29,30). The van der Waals surface area contributed by atoms with E-state index in [1.165, 1.54) is 6.08 Å². The van der Waals surface area contributed by atoms with Crippen molar-refractivity contribution in [1.29, 1.82) is 0 Å². The van der Waals surface area contributed by atoms with Gasteiger partial charge in [0.15, 0.2) is 5.82 Å². The van der Waals surface area contributed by atoms with E-state index in [0.717, 1.165) is 29.0 Å². The Kier molecular flexibility index (Phi) is 4.70. The van der Waals surface area contributed by atoms with Crippen molar-refractivity contribution in [2.45, 2.75) is 18.9 Å². The first-order chi connectivity index (χ1) is 14.2. The first-order valence-corrected chi connectivity index (χ1v) is 8.91. The maximum absolute atomic E-state index is 15.6. The van der Waals surface area contributed by atoms with Crippen LogP contribution in [-0.2, 0) is 0 Å². The molecule has 30 heavy (non-hydrogen) atoms. The zero-order valence-corrected chi connectivity index (χ0v) is 15.3. The van der Waals surface area contributed by atoms with Gasteiger partial charge in [0, 0.05) is 18.3 Å². The Morgan fingerprint density at radius 2 is 1.87 bits per heavy atom. The molecular weight excluding hydrogens is 404 g/mol. The van der Waals surface area contributed by atoms with Crippen LogP contribution in [0.1, 0.15) is 28.8 Å². The maximum Gasteiger partial charge on any atom is 0.341 e. The van der Waals surface area contributed by atoms with Crippen LogP contribution in [0.25, 0.3) is 22.2 Å². The normalized spacial score (nSPS) is 16.2. The second-order valence-corrected chi connectivity index (χ2v) is 6.98. The molecule has 0 fully saturated rings. The molecule has 0 saturated heterocycles. The molecule has 1 aliphatic rings. The van der Waals surface area contributed by atoms with Crippen LogP contribution in [0.5, 0.6) is 0 Å². The Balaban J connectivity index is 2.16. The number of nitrogens with zero attached hydrogens (tertiary/aromatic N) is 1. The zero-order valence-electron chi connectivity index (χ0n) is 15.3. The molecule has 0 spiro atoms. The minimum Gasteiger partial charge on any atom is -0.477 e. The number of aromatic nitrogens is 1. The molecule has 1 unspecified atom stereocenters. The van der Waals surface area contributed by atoms with Crippen molar-refractivity contribution >= 4 is 22.4 Å². The lowest BCUT2D eigenvalue weighted by Gasteiger charge is -2.16. The number of benzene rings is 2. The second kappa shape index (κ2) is 7.10. The molecule has 0 amide bonds. The molecule has 0 aliphatic heterocycles. The number of hydrogen-bond acceptors (Lipinski definition) is 3. The lowest BCUT2D eigenvalue weighted by molar-refractivity contribution is 0.0695. The Morgan fingerprint density at radius 1 is 1.13 bits per heavy atom. The van der Waals surface area contributed by atoms with Gasteiger partial charge in [0.1, 0.15) is 23.0 Å². The zero-order chi connectivity index (χ0) is 21.7. The molecule has 1 heterocycles. The van der Waals surface area contributed by atoms with E-state index in [0.29, 0.717) is 24.5 Å². The minimum atomic E-state index is -1.66. The van der Waals surface area contributed by atoms with E-state index in [2.05, 4.69) is 0 Å². The monoisotopic (exact) mass is 418 g/mol. The molecule has 2 aromatic carbocycles. The van der Waals surface area contributed by atoms with E-state index in [1.807, 2.05) is 0 Å². The van der Waals surface area contributed by atoms with Gasteiger partial charge in [-0.25, -0.2) is 22.4 Å². The highest BCUT2D eigenvalue weighted by Gasteiger charge is 2.26. The number of carbonyl (C=O) groups is 1. The summed E-state index contributed by atoms with van der Waals surface area (Å²) in [4.78, 5) is 24.1. The van der Waals surface area contributed by atoms with Crippen molar-refractivity contribution in [3.05, 3.63) is 81.2 Å². The van der Waals surface area contributed by atoms with Crippen LogP contribution < -0.4 is 11.2 Å². The fraction of sp³-hybridized carbons (Fsp3) is 0.143. The maximum atomic E-state index is 15.6. The van der Waals surface area contributed by atoms with Crippen LogP contribution in [-0.4, -0.2) is 21.7 Å². The Morgan fingerprint density at radius 3 is 2.47 bits per heavy atom. The van der Waals surface area contributed by atoms with Crippen molar-refractivity contribution in [1.82, 2.24) is 4.57 Å². The van der Waals surface area contributed by atoms with Crippen LogP contribution in [0.4, 0.5) is 17.6 Å². The van der Waals surface area contributed by atoms with Crippen molar-refractivity contribution < 1.29 is 27.5 Å². The third kappa shape index (κ3) is 3.07. The first-order valence-electron chi connectivity index (χ1n) is 8.91. The van der Waals surface area contributed by atoms with Gasteiger partial charge < -0.3 is 15.4 Å². The van der Waals surface area contributed by atoms with Crippen LogP contribution in [0.2, 0.25) is 0 Å². The second-order valence-electron chi connectivity index (χ2n) is 6.98. The molecular formula is C21H14F4N2O3. The van der Waals surface area contributed by atoms with Crippen molar-refractivity contribution in [2.24, 2.45) is 5.73 Å². The fourth-order valence-corrected chi connectivity index (χ4v) is 3.68. The van der Waals surface area contributed by atoms with Crippen LogP contribution in [0, 0.1) is 23.3 Å². The number of fused-ring (bicyclic) bond motifs is 1. The fourth-order valence-electron chi connectivity index (χ4n) is 3.68. The molecule has 1 aromatic heterocycles. The lowest BCUT2D eigenvalue weighted by atomic mass is 10.00. The number of nitrogens with two attached hydrogens (primary N) is 1. The van der Waals surface area contributed by atoms with E-state index < -0.39 is 62.4 Å². The quantitative estimate of drug-likeness (QED) is 0.635. The highest BCUT2D eigenvalue weighted by Crippen LogP contribution is 2.35. The summed E-state index contributed by atoms with van der Waals surface area (Å²) in [5.74, 6) is -5.91. The first kappa shape index (κ1) is 19.8. The van der Waals surface area contributed by atoms with Gasteiger partial charge >= 0.3 is 5.97 Å². The summed E-state index contributed by atoms with van der Waals surface area (Å²) in [6.45, 7) is 0. The number of allylic oxidation sites excluding steroid dienone is 1. The highest BCUT2D eigenvalue weighted by molar-refractivity contribution is 5.94. The highest BCUT2D eigenvalue weighted by atomic mass is 19.1. The number of carboxylic acid groups (broad SMARTS) is 1. The van der Waals surface area contributed by atoms with Gasteiger partial charge in [-0.15, -0.1) is 0 Å². The molecule has 3 aromatic rings. The van der Waals surface area contributed by atoms with E-state index in [4.69, 9.17) is 5.73 Å². The van der Waals surface area contributed by atoms with Gasteiger partial charge in [0.25, 0.3) is 0 Å². The average Bonchev–Trinajstić information content (AvgIpc) is 3.08. The van der Waals surface area contributed by atoms with Gasteiger partial charge in [-0.05, 0) is 36.6 Å². The van der Waals surface area contributed by atoms with E-state index in [9.17, 15) is 27.9 Å². The molecule has 1 atom stereocenters. The topological polar surface area (TPSA) is 85.3 Å². The molecule has 0 radical (unpaired) electrons. The summed E-state index contributed by atoms with van der Waals surface area (Å²) >= 11 is 0. The Labute approximate surface area is 166 Å². The van der Waals surface area contributed by atoms with Crippen molar-refractivity contribution in [2.75, 3.05) is 0 Å². The van der Waals surface area contributed by atoms with Gasteiger partial charge in [-0.1, -0.05) is 6.08 Å². The predicted octanol–water partition coefficient (Wildman–Crippen LogP) is 3.75. The van der Waals surface area contributed by atoms with Gasteiger partial charge in [0.2, 0.25) is 5.43 Å². The summed E-state index contributed by atoms with van der Waals surface area (Å²) in [5.41, 5.74) is 2.78. The number of aromatic carboxylic acids is 1. The largest absolute Gasteiger partial charge is 0.477 e. The number of hydrogen-bond donors (Lipinski definition) is 2. The smallest absolute Gasteiger partial charge is 0.341 e. The molecule has 9 heteroatoms. The van der Waals surface area contributed by atoms with Crippen LogP contribution >= 0.6 is 0 Å². The molecule has 154 valence electrons. The summed E-state index contributed by atoms with van der Waals surface area (Å²) in [6, 6.07) is 2.73.